The molecule has 0 aliphatic rings. The zero-order chi connectivity index (χ0) is 15.5. The van der Waals surface area contributed by atoms with Gasteiger partial charge in [-0.1, -0.05) is 6.92 Å². The molecule has 0 saturated heterocycles. The van der Waals surface area contributed by atoms with Crippen molar-refractivity contribution in [1.82, 2.24) is 5.32 Å². The minimum atomic E-state index is -4.53. The van der Waals surface area contributed by atoms with E-state index in [9.17, 15) is 31.1 Å². The number of halogens is 6. The van der Waals surface area contributed by atoms with E-state index in [0.29, 0.717) is 12.1 Å². The van der Waals surface area contributed by atoms with Gasteiger partial charge in [-0.3, -0.25) is 4.79 Å². The van der Waals surface area contributed by atoms with E-state index in [0.717, 1.165) is 0 Å². The SMILES string of the molecule is CCC(CC(F)(F)F)NC(=O)c1c(F)ccc(F)c1F. The molecule has 0 aliphatic carbocycles. The van der Waals surface area contributed by atoms with Crippen LogP contribution in [-0.2, 0) is 0 Å². The lowest BCUT2D eigenvalue weighted by Crippen LogP contribution is -2.38. The van der Waals surface area contributed by atoms with Crippen LogP contribution in [0.25, 0.3) is 0 Å². The number of rotatable bonds is 4. The minimum Gasteiger partial charge on any atom is -0.349 e. The molecule has 20 heavy (non-hydrogen) atoms. The van der Waals surface area contributed by atoms with E-state index in [1.54, 1.807) is 0 Å². The van der Waals surface area contributed by atoms with Gasteiger partial charge in [-0.05, 0) is 18.6 Å². The summed E-state index contributed by atoms with van der Waals surface area (Å²) < 4.78 is 76.1. The first-order chi connectivity index (χ1) is 9.15. The van der Waals surface area contributed by atoms with Gasteiger partial charge >= 0.3 is 6.18 Å². The van der Waals surface area contributed by atoms with Crippen LogP contribution in [0.4, 0.5) is 26.3 Å². The fourth-order valence-corrected chi connectivity index (χ4v) is 1.57. The predicted molar refractivity (Wildman–Crippen MR) is 58.5 cm³/mol. The third-order valence-corrected chi connectivity index (χ3v) is 2.58. The second-order valence-corrected chi connectivity index (χ2v) is 4.12. The highest BCUT2D eigenvalue weighted by Crippen LogP contribution is 2.23. The van der Waals surface area contributed by atoms with Crippen LogP contribution in [0.1, 0.15) is 30.1 Å². The van der Waals surface area contributed by atoms with Gasteiger partial charge in [0.15, 0.2) is 11.6 Å². The molecule has 0 spiro atoms. The van der Waals surface area contributed by atoms with Crippen LogP contribution in [0.2, 0.25) is 0 Å². The largest absolute Gasteiger partial charge is 0.391 e. The second-order valence-electron chi connectivity index (χ2n) is 4.12. The van der Waals surface area contributed by atoms with Crippen molar-refractivity contribution in [3.8, 4) is 0 Å². The van der Waals surface area contributed by atoms with Crippen LogP contribution < -0.4 is 5.32 Å². The van der Waals surface area contributed by atoms with Crippen molar-refractivity contribution in [3.05, 3.63) is 35.1 Å². The molecule has 1 aromatic carbocycles. The highest BCUT2D eigenvalue weighted by atomic mass is 19.4. The summed E-state index contributed by atoms with van der Waals surface area (Å²) in [6.45, 7) is 1.37. The van der Waals surface area contributed by atoms with Crippen LogP contribution in [0.15, 0.2) is 12.1 Å². The molecular formula is C12H11F6NO. The molecule has 0 aliphatic heterocycles. The van der Waals surface area contributed by atoms with Gasteiger partial charge in [0.1, 0.15) is 11.4 Å². The molecule has 0 heterocycles. The van der Waals surface area contributed by atoms with E-state index in [2.05, 4.69) is 0 Å². The molecule has 1 rings (SSSR count). The average molecular weight is 299 g/mol. The van der Waals surface area contributed by atoms with Crippen molar-refractivity contribution in [2.75, 3.05) is 0 Å². The minimum absolute atomic E-state index is 0.0934. The third kappa shape index (κ3) is 4.14. The van der Waals surface area contributed by atoms with Crippen LogP contribution in [0, 0.1) is 17.5 Å². The quantitative estimate of drug-likeness (QED) is 0.668. The number of benzene rings is 1. The number of hydrogen-bond acceptors (Lipinski definition) is 1. The number of nitrogens with one attached hydrogen (secondary N) is 1. The summed E-state index contributed by atoms with van der Waals surface area (Å²) in [5.41, 5.74) is -1.23. The van der Waals surface area contributed by atoms with Crippen molar-refractivity contribution >= 4 is 5.91 Å². The van der Waals surface area contributed by atoms with Crippen LogP contribution >= 0.6 is 0 Å². The lowest BCUT2D eigenvalue weighted by molar-refractivity contribution is -0.139. The molecule has 2 nitrogen and oxygen atoms in total. The molecule has 0 saturated carbocycles. The molecule has 1 unspecified atom stereocenters. The normalized spacial score (nSPS) is 13.2. The number of amides is 1. The summed E-state index contributed by atoms with van der Waals surface area (Å²) in [6.07, 6.45) is -5.97. The Hall–Kier alpha value is -1.73. The van der Waals surface area contributed by atoms with Gasteiger partial charge in [-0.2, -0.15) is 13.2 Å². The Morgan fingerprint density at radius 2 is 1.75 bits per heavy atom. The number of carbonyl (C=O) groups excluding carboxylic acids is 1. The number of carbonyl (C=O) groups is 1. The van der Waals surface area contributed by atoms with Crippen molar-refractivity contribution in [3.63, 3.8) is 0 Å². The second kappa shape index (κ2) is 6.15. The molecule has 1 N–H and O–H groups in total. The summed E-state index contributed by atoms with van der Waals surface area (Å²) in [4.78, 5) is 11.6. The molecule has 8 heteroatoms. The first-order valence-electron chi connectivity index (χ1n) is 5.66. The van der Waals surface area contributed by atoms with E-state index in [4.69, 9.17) is 0 Å². The van der Waals surface area contributed by atoms with Crippen molar-refractivity contribution < 1.29 is 31.1 Å². The Balaban J connectivity index is 2.93. The summed E-state index contributed by atoms with van der Waals surface area (Å²) in [6, 6.07) is -0.337. The molecule has 112 valence electrons. The molecule has 1 amide bonds. The summed E-state index contributed by atoms with van der Waals surface area (Å²) in [5, 5.41) is 1.84. The monoisotopic (exact) mass is 299 g/mol. The maximum atomic E-state index is 13.3. The molecule has 0 bridgehead atoms. The van der Waals surface area contributed by atoms with Crippen molar-refractivity contribution in [2.24, 2.45) is 0 Å². The fourth-order valence-electron chi connectivity index (χ4n) is 1.57. The molecular weight excluding hydrogens is 288 g/mol. The lowest BCUT2D eigenvalue weighted by Gasteiger charge is -2.19. The summed E-state index contributed by atoms with van der Waals surface area (Å²) in [7, 11) is 0. The van der Waals surface area contributed by atoms with Crippen LogP contribution in [0.3, 0.4) is 0 Å². The Morgan fingerprint density at radius 3 is 2.25 bits per heavy atom. The Kier molecular flexibility index (Phi) is 5.02. The standard InChI is InChI=1S/C12H11F6NO/c1-2-6(5-12(16,17)18)19-11(20)9-7(13)3-4-8(14)10(9)15/h3-4,6H,2,5H2,1H3,(H,19,20). The third-order valence-electron chi connectivity index (χ3n) is 2.58. The van der Waals surface area contributed by atoms with E-state index >= 15 is 0 Å². The molecule has 0 fully saturated rings. The van der Waals surface area contributed by atoms with Crippen molar-refractivity contribution in [2.45, 2.75) is 32.0 Å². The number of hydrogen-bond donors (Lipinski definition) is 1. The first kappa shape index (κ1) is 16.3. The Bertz CT molecular complexity index is 499. The highest BCUT2D eigenvalue weighted by Gasteiger charge is 2.32. The fraction of sp³-hybridized carbons (Fsp3) is 0.417. The smallest absolute Gasteiger partial charge is 0.349 e. The molecule has 1 atom stereocenters. The molecule has 1 aromatic rings. The summed E-state index contributed by atoms with van der Waals surface area (Å²) >= 11 is 0. The van der Waals surface area contributed by atoms with Gasteiger partial charge in [-0.15, -0.1) is 0 Å². The van der Waals surface area contributed by atoms with Gasteiger partial charge in [-0.25, -0.2) is 13.2 Å². The maximum Gasteiger partial charge on any atom is 0.391 e. The van der Waals surface area contributed by atoms with Gasteiger partial charge < -0.3 is 5.32 Å². The topological polar surface area (TPSA) is 29.1 Å². The zero-order valence-corrected chi connectivity index (χ0v) is 10.3. The van der Waals surface area contributed by atoms with Crippen molar-refractivity contribution in [1.29, 1.82) is 0 Å². The van der Waals surface area contributed by atoms with Gasteiger partial charge in [0.25, 0.3) is 5.91 Å². The first-order valence-corrected chi connectivity index (χ1v) is 5.66. The van der Waals surface area contributed by atoms with Gasteiger partial charge in [0.05, 0.1) is 6.42 Å². The summed E-state index contributed by atoms with van der Waals surface area (Å²) in [5.74, 6) is -5.95. The average Bonchev–Trinajstić information content (AvgIpc) is 2.32. The van der Waals surface area contributed by atoms with Gasteiger partial charge in [0, 0.05) is 6.04 Å². The van der Waals surface area contributed by atoms with E-state index in [1.807, 2.05) is 5.32 Å². The predicted octanol–water partition coefficient (Wildman–Crippen LogP) is 3.56. The Morgan fingerprint density at radius 1 is 1.20 bits per heavy atom. The highest BCUT2D eigenvalue weighted by molar-refractivity contribution is 5.95. The maximum absolute atomic E-state index is 13.3. The molecule has 0 aromatic heterocycles. The zero-order valence-electron chi connectivity index (χ0n) is 10.3. The van der Waals surface area contributed by atoms with Crippen LogP contribution in [-0.4, -0.2) is 18.1 Å². The van der Waals surface area contributed by atoms with E-state index in [-0.39, 0.29) is 6.42 Å². The number of alkyl halides is 3. The lowest BCUT2D eigenvalue weighted by atomic mass is 10.1. The molecule has 0 radical (unpaired) electrons. The van der Waals surface area contributed by atoms with E-state index in [1.165, 1.54) is 6.92 Å². The Labute approximate surface area is 110 Å². The van der Waals surface area contributed by atoms with Gasteiger partial charge in [0.2, 0.25) is 0 Å². The van der Waals surface area contributed by atoms with E-state index < -0.39 is 47.6 Å². The van der Waals surface area contributed by atoms with Crippen LogP contribution in [0.5, 0.6) is 0 Å².